The topological polar surface area (TPSA) is 55.8 Å². The van der Waals surface area contributed by atoms with Crippen molar-refractivity contribution in [2.24, 2.45) is 0 Å². The number of aliphatic carboxylic acids is 1. The molecule has 2 aromatic rings. The molecule has 0 fully saturated rings. The fourth-order valence-corrected chi connectivity index (χ4v) is 2.05. The first-order valence-corrected chi connectivity index (χ1v) is 6.66. The summed E-state index contributed by atoms with van der Waals surface area (Å²) < 4.78 is 10.7. The number of hydrogen-bond acceptors (Lipinski definition) is 3. The smallest absolute Gasteiger partial charge is 0.314 e. The highest BCUT2D eigenvalue weighted by molar-refractivity contribution is 5.76. The van der Waals surface area contributed by atoms with Gasteiger partial charge >= 0.3 is 5.97 Å². The summed E-state index contributed by atoms with van der Waals surface area (Å²) in [5, 5.41) is 9.40. The largest absolute Gasteiger partial charge is 0.497 e. The van der Waals surface area contributed by atoms with Gasteiger partial charge in [-0.3, -0.25) is 4.79 Å². The molecule has 0 aliphatic rings. The number of aryl methyl sites for hydroxylation is 1. The zero-order chi connectivity index (χ0) is 15.2. The second-order valence-corrected chi connectivity index (χ2v) is 4.79. The number of methoxy groups -OCH3 is 1. The maximum absolute atomic E-state index is 11.5. The Morgan fingerprint density at radius 1 is 1.14 bits per heavy atom. The predicted octanol–water partition coefficient (Wildman–Crippen LogP) is 3.25. The summed E-state index contributed by atoms with van der Waals surface area (Å²) in [5.41, 5.74) is 1.73. The number of rotatable bonds is 6. The van der Waals surface area contributed by atoms with Gasteiger partial charge in [-0.1, -0.05) is 24.3 Å². The molecule has 0 radical (unpaired) electrons. The van der Waals surface area contributed by atoms with Crippen molar-refractivity contribution in [1.82, 2.24) is 0 Å². The normalized spacial score (nSPS) is 11.7. The van der Waals surface area contributed by atoms with Crippen molar-refractivity contribution in [3.63, 3.8) is 0 Å². The molecule has 1 unspecified atom stereocenters. The van der Waals surface area contributed by atoms with Gasteiger partial charge in [0.05, 0.1) is 7.11 Å². The molecule has 0 saturated heterocycles. The molecular formula is C17H18O4. The third kappa shape index (κ3) is 3.99. The van der Waals surface area contributed by atoms with E-state index in [0.29, 0.717) is 17.1 Å². The quantitative estimate of drug-likeness (QED) is 0.885. The monoisotopic (exact) mass is 286 g/mol. The number of carboxylic acid groups (broad SMARTS) is 1. The van der Waals surface area contributed by atoms with E-state index in [4.69, 9.17) is 9.47 Å². The van der Waals surface area contributed by atoms with Crippen LogP contribution in [0.2, 0.25) is 0 Å². The van der Waals surface area contributed by atoms with E-state index in [9.17, 15) is 9.90 Å². The van der Waals surface area contributed by atoms with Gasteiger partial charge in [0.25, 0.3) is 0 Å². The molecule has 0 spiro atoms. The van der Waals surface area contributed by atoms with Gasteiger partial charge in [0.15, 0.2) is 0 Å². The highest BCUT2D eigenvalue weighted by Gasteiger charge is 2.21. The van der Waals surface area contributed by atoms with E-state index in [2.05, 4.69) is 0 Å². The molecule has 0 saturated carbocycles. The van der Waals surface area contributed by atoms with Gasteiger partial charge in [0.2, 0.25) is 0 Å². The fourth-order valence-electron chi connectivity index (χ4n) is 2.05. The van der Waals surface area contributed by atoms with Crippen molar-refractivity contribution < 1.29 is 19.4 Å². The van der Waals surface area contributed by atoms with Crippen molar-refractivity contribution in [3.05, 3.63) is 59.7 Å². The molecule has 0 aromatic heterocycles. The number of benzene rings is 2. The molecule has 0 amide bonds. The second kappa shape index (κ2) is 6.79. The van der Waals surface area contributed by atoms with Crippen LogP contribution in [0.4, 0.5) is 0 Å². The lowest BCUT2D eigenvalue weighted by atomic mass is 10.00. The van der Waals surface area contributed by atoms with E-state index < -0.39 is 11.9 Å². The summed E-state index contributed by atoms with van der Waals surface area (Å²) in [6.07, 6.45) is 0. The molecule has 0 aliphatic carbocycles. The minimum Gasteiger partial charge on any atom is -0.497 e. The Kier molecular flexibility index (Phi) is 4.82. The standard InChI is InChI=1S/C17H18O4/c1-12-5-3-8-15(9-12)21-11-16(17(18)19)13-6-4-7-14(10-13)20-2/h3-10,16H,11H2,1-2H3,(H,18,19). The Morgan fingerprint density at radius 2 is 1.86 bits per heavy atom. The van der Waals surface area contributed by atoms with Crippen LogP contribution in [0, 0.1) is 6.92 Å². The van der Waals surface area contributed by atoms with Gasteiger partial charge in [-0.2, -0.15) is 0 Å². The Balaban J connectivity index is 2.14. The first-order valence-electron chi connectivity index (χ1n) is 6.66. The Morgan fingerprint density at radius 3 is 2.52 bits per heavy atom. The number of carbonyl (C=O) groups is 1. The van der Waals surface area contributed by atoms with Crippen LogP contribution in [0.15, 0.2) is 48.5 Å². The maximum Gasteiger partial charge on any atom is 0.314 e. The summed E-state index contributed by atoms with van der Waals surface area (Å²) in [6.45, 7) is 2.04. The molecule has 1 N–H and O–H groups in total. The molecule has 21 heavy (non-hydrogen) atoms. The van der Waals surface area contributed by atoms with Crippen LogP contribution in [0.3, 0.4) is 0 Å². The van der Waals surface area contributed by atoms with Crippen molar-refractivity contribution in [3.8, 4) is 11.5 Å². The van der Waals surface area contributed by atoms with Gasteiger partial charge in [-0.05, 0) is 42.3 Å². The van der Waals surface area contributed by atoms with Crippen molar-refractivity contribution in [1.29, 1.82) is 0 Å². The zero-order valence-electron chi connectivity index (χ0n) is 12.1. The lowest BCUT2D eigenvalue weighted by Gasteiger charge is -2.15. The van der Waals surface area contributed by atoms with Crippen molar-refractivity contribution in [2.45, 2.75) is 12.8 Å². The SMILES string of the molecule is COc1cccc(C(COc2cccc(C)c2)C(=O)O)c1. The highest BCUT2D eigenvalue weighted by atomic mass is 16.5. The van der Waals surface area contributed by atoms with Crippen molar-refractivity contribution >= 4 is 5.97 Å². The number of ether oxygens (including phenoxy) is 2. The zero-order valence-corrected chi connectivity index (χ0v) is 12.1. The van der Waals surface area contributed by atoms with Gasteiger partial charge in [0, 0.05) is 0 Å². The Hall–Kier alpha value is -2.49. The molecule has 2 rings (SSSR count). The summed E-state index contributed by atoms with van der Waals surface area (Å²) in [7, 11) is 1.55. The third-order valence-corrected chi connectivity index (χ3v) is 3.20. The predicted molar refractivity (Wildman–Crippen MR) is 80.0 cm³/mol. The average Bonchev–Trinajstić information content (AvgIpc) is 2.47. The van der Waals surface area contributed by atoms with Gasteiger partial charge < -0.3 is 14.6 Å². The lowest BCUT2D eigenvalue weighted by Crippen LogP contribution is -2.19. The van der Waals surface area contributed by atoms with Gasteiger partial charge in [-0.25, -0.2) is 0 Å². The van der Waals surface area contributed by atoms with E-state index in [0.717, 1.165) is 5.56 Å². The summed E-state index contributed by atoms with van der Waals surface area (Å²) >= 11 is 0. The van der Waals surface area contributed by atoms with E-state index in [1.165, 1.54) is 0 Å². The lowest BCUT2D eigenvalue weighted by molar-refractivity contribution is -0.139. The van der Waals surface area contributed by atoms with Crippen LogP contribution in [0.5, 0.6) is 11.5 Å². The summed E-state index contributed by atoms with van der Waals surface area (Å²) in [6, 6.07) is 14.6. The van der Waals surface area contributed by atoms with Crippen LogP contribution >= 0.6 is 0 Å². The van der Waals surface area contributed by atoms with E-state index in [-0.39, 0.29) is 6.61 Å². The molecule has 0 bridgehead atoms. The van der Waals surface area contributed by atoms with Crippen LogP contribution < -0.4 is 9.47 Å². The van der Waals surface area contributed by atoms with E-state index in [1.54, 1.807) is 31.4 Å². The molecule has 2 aromatic carbocycles. The minimum absolute atomic E-state index is 0.0754. The van der Waals surface area contributed by atoms with E-state index >= 15 is 0 Å². The molecule has 4 nitrogen and oxygen atoms in total. The maximum atomic E-state index is 11.5. The van der Waals surface area contributed by atoms with Crippen molar-refractivity contribution in [2.75, 3.05) is 13.7 Å². The minimum atomic E-state index is -0.920. The van der Waals surface area contributed by atoms with Crippen LogP contribution in [-0.4, -0.2) is 24.8 Å². The van der Waals surface area contributed by atoms with E-state index in [1.807, 2.05) is 31.2 Å². The number of carboxylic acids is 1. The Bertz CT molecular complexity index is 622. The first kappa shape index (κ1) is 14.9. The van der Waals surface area contributed by atoms with Gasteiger partial charge in [-0.15, -0.1) is 0 Å². The molecule has 0 aliphatic heterocycles. The molecule has 1 atom stereocenters. The molecule has 4 heteroatoms. The van der Waals surface area contributed by atoms with Crippen LogP contribution in [0.1, 0.15) is 17.0 Å². The molecule has 0 heterocycles. The van der Waals surface area contributed by atoms with Crippen LogP contribution in [-0.2, 0) is 4.79 Å². The molecular weight excluding hydrogens is 268 g/mol. The second-order valence-electron chi connectivity index (χ2n) is 4.79. The summed E-state index contributed by atoms with van der Waals surface area (Å²) in [4.78, 5) is 11.5. The third-order valence-electron chi connectivity index (χ3n) is 3.20. The fraction of sp³-hybridized carbons (Fsp3) is 0.235. The van der Waals surface area contributed by atoms with Crippen LogP contribution in [0.25, 0.3) is 0 Å². The Labute approximate surface area is 123 Å². The average molecular weight is 286 g/mol. The molecule has 110 valence electrons. The highest BCUT2D eigenvalue weighted by Crippen LogP contribution is 2.23. The summed E-state index contributed by atoms with van der Waals surface area (Å²) in [5.74, 6) is -0.352. The number of hydrogen-bond donors (Lipinski definition) is 1. The first-order chi connectivity index (χ1) is 10.1. The van der Waals surface area contributed by atoms with Gasteiger partial charge in [0.1, 0.15) is 24.0 Å².